The summed E-state index contributed by atoms with van der Waals surface area (Å²) < 4.78 is 33.8. The largest absolute Gasteiger partial charge is 0.488 e. The van der Waals surface area contributed by atoms with Crippen molar-refractivity contribution in [2.45, 2.75) is 57.0 Å². The van der Waals surface area contributed by atoms with E-state index in [4.69, 9.17) is 4.74 Å². The number of hydrogen-bond acceptors (Lipinski definition) is 3. The predicted octanol–water partition coefficient (Wildman–Crippen LogP) is 4.14. The quantitative estimate of drug-likeness (QED) is 0.339. The number of ether oxygens (including phenoxy) is 1. The molecule has 0 saturated heterocycles. The fourth-order valence-electron chi connectivity index (χ4n) is 1.95. The Morgan fingerprint density at radius 1 is 1.18 bits per heavy atom. The van der Waals surface area contributed by atoms with Crippen LogP contribution in [0, 0.1) is 0 Å². The summed E-state index contributed by atoms with van der Waals surface area (Å²) in [4.78, 5) is 0.281. The maximum absolute atomic E-state index is 12.1. The second-order valence-electron chi connectivity index (χ2n) is 5.88. The molecule has 0 spiro atoms. The molecule has 0 bridgehead atoms. The molecule has 0 heterocycles. The number of benzene rings is 1. The van der Waals surface area contributed by atoms with Crippen LogP contribution in [0.25, 0.3) is 0 Å². The third-order valence-electron chi connectivity index (χ3n) is 3.30. The molecule has 126 valence electrons. The second-order valence-corrected chi connectivity index (χ2v) is 8.72. The van der Waals surface area contributed by atoms with Gasteiger partial charge in [-0.1, -0.05) is 42.4 Å². The summed E-state index contributed by atoms with van der Waals surface area (Å²) in [7, 11) is -3.42. The van der Waals surface area contributed by atoms with Crippen LogP contribution in [0.4, 0.5) is 0 Å². The summed E-state index contributed by atoms with van der Waals surface area (Å²) in [6.45, 7) is 6.64. The van der Waals surface area contributed by atoms with Crippen molar-refractivity contribution in [3.8, 4) is 5.75 Å². The molecule has 1 aromatic rings. The van der Waals surface area contributed by atoms with Crippen LogP contribution < -0.4 is 9.46 Å². The van der Waals surface area contributed by atoms with E-state index in [-0.39, 0.29) is 10.5 Å². The van der Waals surface area contributed by atoms with Gasteiger partial charge in [0, 0.05) is 11.0 Å². The number of halogens is 1. The highest BCUT2D eigenvalue weighted by Crippen LogP contribution is 2.23. The molecular formula is C16H26INO3S. The highest BCUT2D eigenvalue weighted by Gasteiger charge is 2.19. The Hall–Kier alpha value is -0.340. The van der Waals surface area contributed by atoms with Gasteiger partial charge in [-0.3, -0.25) is 0 Å². The van der Waals surface area contributed by atoms with E-state index in [0.717, 1.165) is 30.1 Å². The first-order valence-corrected chi connectivity index (χ1v) is 10.7. The van der Waals surface area contributed by atoms with E-state index in [1.54, 1.807) is 24.3 Å². The Labute approximate surface area is 148 Å². The summed E-state index contributed by atoms with van der Waals surface area (Å²) in [6, 6.07) is 6.63. The van der Waals surface area contributed by atoms with Crippen molar-refractivity contribution in [1.82, 2.24) is 4.72 Å². The van der Waals surface area contributed by atoms with Gasteiger partial charge < -0.3 is 4.74 Å². The van der Waals surface area contributed by atoms with Gasteiger partial charge in [0.05, 0.1) is 4.90 Å². The Morgan fingerprint density at radius 3 is 2.36 bits per heavy atom. The second kappa shape index (κ2) is 9.08. The van der Waals surface area contributed by atoms with Crippen molar-refractivity contribution in [3.05, 3.63) is 24.3 Å². The van der Waals surface area contributed by atoms with Gasteiger partial charge in [-0.15, -0.1) is 0 Å². The third kappa shape index (κ3) is 6.83. The van der Waals surface area contributed by atoms with E-state index >= 15 is 0 Å². The van der Waals surface area contributed by atoms with Crippen molar-refractivity contribution in [2.24, 2.45) is 0 Å². The number of nitrogens with one attached hydrogen (secondary N) is 1. The molecular weight excluding hydrogens is 413 g/mol. The van der Waals surface area contributed by atoms with Crippen LogP contribution in [-0.2, 0) is 10.0 Å². The van der Waals surface area contributed by atoms with E-state index in [0.29, 0.717) is 12.3 Å². The highest BCUT2D eigenvalue weighted by molar-refractivity contribution is 14.1. The lowest BCUT2D eigenvalue weighted by atomic mass is 10.1. The van der Waals surface area contributed by atoms with Gasteiger partial charge in [0.1, 0.15) is 11.4 Å². The van der Waals surface area contributed by atoms with Crippen molar-refractivity contribution < 1.29 is 13.2 Å². The number of hydrogen-bond donors (Lipinski definition) is 1. The van der Waals surface area contributed by atoms with Crippen LogP contribution in [-0.4, -0.2) is 25.0 Å². The molecule has 6 heteroatoms. The topological polar surface area (TPSA) is 55.4 Å². The molecule has 0 fully saturated rings. The van der Waals surface area contributed by atoms with Crippen LogP contribution in [0.3, 0.4) is 0 Å². The van der Waals surface area contributed by atoms with Gasteiger partial charge in [-0.2, -0.15) is 0 Å². The summed E-state index contributed by atoms with van der Waals surface area (Å²) in [5, 5.41) is 0. The van der Waals surface area contributed by atoms with Crippen molar-refractivity contribution in [3.63, 3.8) is 0 Å². The fourth-order valence-corrected chi connectivity index (χ4v) is 4.32. The summed E-state index contributed by atoms with van der Waals surface area (Å²) in [5.74, 6) is 0.694. The summed E-state index contributed by atoms with van der Waals surface area (Å²) >= 11 is 2.32. The van der Waals surface area contributed by atoms with Crippen LogP contribution in [0.2, 0.25) is 0 Å². The Kier molecular flexibility index (Phi) is 8.13. The molecule has 1 rings (SSSR count). The Morgan fingerprint density at radius 2 is 1.82 bits per heavy atom. The molecule has 0 saturated carbocycles. The zero-order valence-electron chi connectivity index (χ0n) is 13.6. The summed E-state index contributed by atoms with van der Waals surface area (Å²) in [5.41, 5.74) is -0.250. The highest BCUT2D eigenvalue weighted by atomic mass is 127. The van der Waals surface area contributed by atoms with Crippen LogP contribution in [0.5, 0.6) is 5.75 Å². The van der Waals surface area contributed by atoms with Gasteiger partial charge in [0.25, 0.3) is 0 Å². The number of unbranched alkanes of at least 4 members (excludes halogenated alkanes) is 2. The first-order chi connectivity index (χ1) is 10.3. The fraction of sp³-hybridized carbons (Fsp3) is 0.625. The molecule has 0 aliphatic heterocycles. The van der Waals surface area contributed by atoms with Crippen LogP contribution in [0.1, 0.15) is 46.5 Å². The van der Waals surface area contributed by atoms with Crippen LogP contribution >= 0.6 is 22.6 Å². The lowest BCUT2D eigenvalue weighted by Crippen LogP contribution is -2.28. The molecule has 0 amide bonds. The molecule has 0 radical (unpaired) electrons. The van der Waals surface area contributed by atoms with Crippen molar-refractivity contribution in [2.75, 3.05) is 11.0 Å². The SMILES string of the molecule is CCCCCNS(=O)(=O)c1ccc(OC(C)(C)CCI)cc1. The Bertz CT molecular complexity index is 541. The molecule has 4 nitrogen and oxygen atoms in total. The minimum Gasteiger partial charge on any atom is -0.488 e. The molecule has 0 unspecified atom stereocenters. The first kappa shape index (κ1) is 19.7. The number of sulfonamides is 1. The molecule has 0 aliphatic rings. The Balaban J connectivity index is 2.67. The molecule has 22 heavy (non-hydrogen) atoms. The van der Waals surface area contributed by atoms with E-state index in [1.165, 1.54) is 0 Å². The number of alkyl halides is 1. The minimum atomic E-state index is -3.42. The van der Waals surface area contributed by atoms with Crippen LogP contribution in [0.15, 0.2) is 29.2 Å². The van der Waals surface area contributed by atoms with Crippen molar-refractivity contribution in [1.29, 1.82) is 0 Å². The summed E-state index contributed by atoms with van der Waals surface area (Å²) in [6.07, 6.45) is 3.90. The van der Waals surface area contributed by atoms with E-state index < -0.39 is 10.0 Å². The van der Waals surface area contributed by atoms with E-state index in [2.05, 4.69) is 34.2 Å². The molecule has 1 N–H and O–H groups in total. The van der Waals surface area contributed by atoms with Gasteiger partial charge in [0.2, 0.25) is 10.0 Å². The molecule has 0 aliphatic carbocycles. The zero-order valence-corrected chi connectivity index (χ0v) is 16.5. The molecule has 0 aromatic heterocycles. The van der Waals surface area contributed by atoms with Gasteiger partial charge in [-0.25, -0.2) is 13.1 Å². The third-order valence-corrected chi connectivity index (χ3v) is 5.31. The standard InChI is InChI=1S/C16H26INO3S/c1-4-5-6-13-18-22(19,20)15-9-7-14(8-10-15)21-16(2,3)11-12-17/h7-10,18H,4-6,11-13H2,1-3H3. The van der Waals surface area contributed by atoms with Crippen molar-refractivity contribution >= 4 is 32.6 Å². The maximum Gasteiger partial charge on any atom is 0.240 e. The molecule has 0 atom stereocenters. The number of rotatable bonds is 10. The molecule has 1 aromatic carbocycles. The van der Waals surface area contributed by atoms with E-state index in [1.807, 2.05) is 13.8 Å². The average Bonchev–Trinajstić information content (AvgIpc) is 2.43. The van der Waals surface area contributed by atoms with Gasteiger partial charge in [-0.05, 0) is 51.0 Å². The monoisotopic (exact) mass is 439 g/mol. The minimum absolute atomic E-state index is 0.250. The smallest absolute Gasteiger partial charge is 0.240 e. The van der Waals surface area contributed by atoms with Gasteiger partial charge >= 0.3 is 0 Å². The zero-order chi connectivity index (χ0) is 16.6. The maximum atomic E-state index is 12.1. The first-order valence-electron chi connectivity index (χ1n) is 7.65. The average molecular weight is 439 g/mol. The van der Waals surface area contributed by atoms with E-state index in [9.17, 15) is 8.42 Å². The van der Waals surface area contributed by atoms with Gasteiger partial charge in [0.15, 0.2) is 0 Å². The lowest BCUT2D eigenvalue weighted by Gasteiger charge is -2.25. The normalized spacial score (nSPS) is 12.4. The predicted molar refractivity (Wildman–Crippen MR) is 99.4 cm³/mol. The lowest BCUT2D eigenvalue weighted by molar-refractivity contribution is 0.107.